The Labute approximate surface area is 74.7 Å². The maximum absolute atomic E-state index is 11.4. The van der Waals surface area contributed by atoms with Crippen molar-refractivity contribution in [3.63, 3.8) is 0 Å². The minimum absolute atomic E-state index is 0.0224. The Morgan fingerprint density at radius 2 is 2.00 bits per heavy atom. The Balaban J connectivity index is 3.87. The van der Waals surface area contributed by atoms with Crippen LogP contribution in [0.5, 0.6) is 0 Å². The second kappa shape index (κ2) is 4.45. The van der Waals surface area contributed by atoms with Gasteiger partial charge in [0.25, 0.3) is 0 Å². The summed E-state index contributed by atoms with van der Waals surface area (Å²) < 4.78 is 0. The van der Waals surface area contributed by atoms with Crippen molar-refractivity contribution in [2.24, 2.45) is 11.7 Å². The molecular weight excluding hydrogens is 152 g/mol. The molecule has 3 nitrogen and oxygen atoms in total. The minimum atomic E-state index is -0.139. The second-order valence-electron chi connectivity index (χ2n) is 4.22. The lowest BCUT2D eigenvalue weighted by Crippen LogP contribution is -2.43. The third-order valence-corrected chi connectivity index (χ3v) is 1.55. The third-order valence-electron chi connectivity index (χ3n) is 1.55. The maximum Gasteiger partial charge on any atom is 0.223 e. The van der Waals surface area contributed by atoms with Crippen molar-refractivity contribution in [3.05, 3.63) is 0 Å². The van der Waals surface area contributed by atoms with Crippen LogP contribution in [-0.2, 0) is 4.79 Å². The fraction of sp³-hybridized carbons (Fsp3) is 0.889. The van der Waals surface area contributed by atoms with Crippen LogP contribution in [0.25, 0.3) is 0 Å². The van der Waals surface area contributed by atoms with Crippen LogP contribution in [0.2, 0.25) is 0 Å². The zero-order valence-electron chi connectivity index (χ0n) is 8.48. The number of carbonyl (C=O) groups excluding carboxylic acids is 1. The first-order valence-electron chi connectivity index (χ1n) is 4.39. The summed E-state index contributed by atoms with van der Waals surface area (Å²) in [6.45, 7) is 8.38. The van der Waals surface area contributed by atoms with Gasteiger partial charge in [0, 0.05) is 11.5 Å². The summed E-state index contributed by atoms with van der Waals surface area (Å²) in [6.07, 6.45) is 0.752. The van der Waals surface area contributed by atoms with E-state index in [2.05, 4.69) is 5.32 Å². The molecule has 0 bridgehead atoms. The summed E-state index contributed by atoms with van der Waals surface area (Å²) in [4.78, 5) is 11.4. The lowest BCUT2D eigenvalue weighted by atomic mass is 10.0. The number of nitrogens with one attached hydrogen (secondary N) is 1. The summed E-state index contributed by atoms with van der Waals surface area (Å²) in [5, 5.41) is 2.91. The zero-order chi connectivity index (χ0) is 9.78. The van der Waals surface area contributed by atoms with E-state index >= 15 is 0 Å². The van der Waals surface area contributed by atoms with Crippen molar-refractivity contribution < 1.29 is 4.79 Å². The van der Waals surface area contributed by atoms with E-state index in [-0.39, 0.29) is 17.4 Å². The van der Waals surface area contributed by atoms with Crippen molar-refractivity contribution in [3.8, 4) is 0 Å². The molecule has 1 amide bonds. The van der Waals surface area contributed by atoms with Gasteiger partial charge in [-0.2, -0.15) is 0 Å². The van der Waals surface area contributed by atoms with Crippen LogP contribution < -0.4 is 11.1 Å². The summed E-state index contributed by atoms with van der Waals surface area (Å²) >= 11 is 0. The van der Waals surface area contributed by atoms with Gasteiger partial charge in [-0.05, 0) is 33.7 Å². The first kappa shape index (κ1) is 11.4. The quantitative estimate of drug-likeness (QED) is 0.664. The molecule has 0 heterocycles. The van der Waals surface area contributed by atoms with Gasteiger partial charge in [0.15, 0.2) is 0 Å². The van der Waals surface area contributed by atoms with Crippen molar-refractivity contribution in [2.75, 3.05) is 6.54 Å². The van der Waals surface area contributed by atoms with E-state index < -0.39 is 0 Å². The van der Waals surface area contributed by atoms with Crippen LogP contribution in [-0.4, -0.2) is 18.0 Å². The number of hydrogen-bond donors (Lipinski definition) is 2. The molecule has 0 saturated carbocycles. The molecule has 72 valence electrons. The molecule has 0 fully saturated rings. The predicted octanol–water partition coefficient (Wildman–Crippen LogP) is 0.886. The Morgan fingerprint density at radius 1 is 1.50 bits per heavy atom. The number of carbonyl (C=O) groups is 1. The molecule has 1 atom stereocenters. The molecule has 0 aromatic carbocycles. The fourth-order valence-corrected chi connectivity index (χ4v) is 0.874. The highest BCUT2D eigenvalue weighted by molar-refractivity contribution is 5.78. The van der Waals surface area contributed by atoms with Gasteiger partial charge >= 0.3 is 0 Å². The second-order valence-corrected chi connectivity index (χ2v) is 4.22. The summed E-state index contributed by atoms with van der Waals surface area (Å²) in [5.41, 5.74) is 5.21. The van der Waals surface area contributed by atoms with Gasteiger partial charge in [-0.15, -0.1) is 0 Å². The first-order chi connectivity index (χ1) is 5.37. The number of nitrogens with two attached hydrogens (primary N) is 1. The van der Waals surface area contributed by atoms with Crippen LogP contribution in [0.15, 0.2) is 0 Å². The largest absolute Gasteiger partial charge is 0.351 e. The van der Waals surface area contributed by atoms with E-state index in [9.17, 15) is 4.79 Å². The molecule has 0 aromatic heterocycles. The highest BCUT2D eigenvalue weighted by Crippen LogP contribution is 2.05. The van der Waals surface area contributed by atoms with E-state index in [0.29, 0.717) is 6.54 Å². The maximum atomic E-state index is 11.4. The Kier molecular flexibility index (Phi) is 4.24. The van der Waals surface area contributed by atoms with Gasteiger partial charge in [-0.3, -0.25) is 4.79 Å². The molecule has 3 N–H and O–H groups in total. The highest BCUT2D eigenvalue weighted by atomic mass is 16.2. The standard InChI is InChI=1S/C9H20N2O/c1-7(5-6-10)8(12)11-9(2,3)4/h7H,5-6,10H2,1-4H3,(H,11,12). The SMILES string of the molecule is CC(CCN)C(=O)NC(C)(C)C. The molecule has 0 rings (SSSR count). The topological polar surface area (TPSA) is 55.1 Å². The smallest absolute Gasteiger partial charge is 0.223 e. The number of amides is 1. The zero-order valence-corrected chi connectivity index (χ0v) is 8.48. The van der Waals surface area contributed by atoms with Crippen LogP contribution in [0.1, 0.15) is 34.1 Å². The molecule has 0 spiro atoms. The third kappa shape index (κ3) is 5.13. The van der Waals surface area contributed by atoms with E-state index in [1.807, 2.05) is 27.7 Å². The minimum Gasteiger partial charge on any atom is -0.351 e. The van der Waals surface area contributed by atoms with E-state index in [4.69, 9.17) is 5.73 Å². The lowest BCUT2D eigenvalue weighted by Gasteiger charge is -2.22. The number of hydrogen-bond acceptors (Lipinski definition) is 2. The van der Waals surface area contributed by atoms with Crippen molar-refractivity contribution in [1.82, 2.24) is 5.32 Å². The van der Waals surface area contributed by atoms with Crippen LogP contribution in [0, 0.1) is 5.92 Å². The monoisotopic (exact) mass is 172 g/mol. The normalized spacial score (nSPS) is 14.1. The lowest BCUT2D eigenvalue weighted by molar-refractivity contribution is -0.126. The van der Waals surface area contributed by atoms with E-state index in [1.165, 1.54) is 0 Å². The Bertz CT molecular complexity index is 149. The molecule has 0 aliphatic carbocycles. The summed E-state index contributed by atoms with van der Waals surface area (Å²) in [7, 11) is 0. The van der Waals surface area contributed by atoms with Gasteiger partial charge in [-0.1, -0.05) is 6.92 Å². The fourth-order valence-electron chi connectivity index (χ4n) is 0.874. The average Bonchev–Trinajstić information content (AvgIpc) is 1.84. The molecule has 12 heavy (non-hydrogen) atoms. The van der Waals surface area contributed by atoms with Gasteiger partial charge in [0.05, 0.1) is 0 Å². The van der Waals surface area contributed by atoms with Gasteiger partial charge in [-0.25, -0.2) is 0 Å². The van der Waals surface area contributed by atoms with Crippen molar-refractivity contribution >= 4 is 5.91 Å². The van der Waals surface area contributed by atoms with Crippen LogP contribution in [0.4, 0.5) is 0 Å². The molecule has 1 unspecified atom stereocenters. The van der Waals surface area contributed by atoms with Crippen LogP contribution in [0.3, 0.4) is 0 Å². The van der Waals surface area contributed by atoms with E-state index in [0.717, 1.165) is 6.42 Å². The molecule has 0 aromatic rings. The molecule has 0 aliphatic heterocycles. The summed E-state index contributed by atoms with van der Waals surface area (Å²) in [6, 6.07) is 0. The van der Waals surface area contributed by atoms with E-state index in [1.54, 1.807) is 0 Å². The molecule has 0 radical (unpaired) electrons. The average molecular weight is 172 g/mol. The molecule has 0 saturated heterocycles. The molecule has 3 heteroatoms. The Hall–Kier alpha value is -0.570. The summed E-state index contributed by atoms with van der Waals surface area (Å²) in [5.74, 6) is 0.113. The van der Waals surface area contributed by atoms with Gasteiger partial charge in [0.2, 0.25) is 5.91 Å². The highest BCUT2D eigenvalue weighted by Gasteiger charge is 2.18. The molecular formula is C9H20N2O. The van der Waals surface area contributed by atoms with Crippen molar-refractivity contribution in [1.29, 1.82) is 0 Å². The first-order valence-corrected chi connectivity index (χ1v) is 4.39. The predicted molar refractivity (Wildman–Crippen MR) is 50.7 cm³/mol. The van der Waals surface area contributed by atoms with Gasteiger partial charge < -0.3 is 11.1 Å². The van der Waals surface area contributed by atoms with Gasteiger partial charge in [0.1, 0.15) is 0 Å². The Morgan fingerprint density at radius 3 is 2.33 bits per heavy atom. The van der Waals surface area contributed by atoms with Crippen LogP contribution >= 0.6 is 0 Å². The molecule has 0 aliphatic rings. The number of rotatable bonds is 3. The van der Waals surface area contributed by atoms with Crippen molar-refractivity contribution in [2.45, 2.75) is 39.7 Å².